The van der Waals surface area contributed by atoms with Crippen LogP contribution in [-0.4, -0.2) is 7.85 Å². The lowest BCUT2D eigenvalue weighted by molar-refractivity contribution is 1.28. The molecule has 0 unspecified atom stereocenters. The summed E-state index contributed by atoms with van der Waals surface area (Å²) >= 11 is 3.52. The van der Waals surface area contributed by atoms with Crippen molar-refractivity contribution in [3.63, 3.8) is 0 Å². The minimum absolute atomic E-state index is 1.07. The highest BCUT2D eigenvalue weighted by Crippen LogP contribution is 2.37. The summed E-state index contributed by atoms with van der Waals surface area (Å²) in [6.45, 7) is 0. The number of hydrogen-bond donors (Lipinski definition) is 0. The molecule has 35 heavy (non-hydrogen) atoms. The van der Waals surface area contributed by atoms with E-state index in [-0.39, 0.29) is 0 Å². The monoisotopic (exact) mass is 511 g/mol. The molecule has 0 heterocycles. The molecule has 0 aliphatic carbocycles. The van der Waals surface area contributed by atoms with Gasteiger partial charge >= 0.3 is 0 Å². The molecular weight excluding hydrogens is 489 g/mol. The summed E-state index contributed by atoms with van der Waals surface area (Å²) in [5.41, 5.74) is 9.14. The molecule has 0 atom stereocenters. The summed E-state index contributed by atoms with van der Waals surface area (Å²) in [6.07, 6.45) is 1.90. The molecule has 0 fully saturated rings. The molecule has 0 amide bonds. The maximum Gasteiger partial charge on any atom is 0.102 e. The minimum Gasteiger partial charge on any atom is -0.311 e. The first-order valence-corrected chi connectivity index (χ1v) is 12.3. The van der Waals surface area contributed by atoms with Crippen molar-refractivity contribution in [2.45, 2.75) is 0 Å². The van der Waals surface area contributed by atoms with Gasteiger partial charge in [0.25, 0.3) is 0 Å². The van der Waals surface area contributed by atoms with E-state index < -0.39 is 0 Å². The zero-order chi connectivity index (χ0) is 24.0. The number of halogens is 1. The van der Waals surface area contributed by atoms with Crippen LogP contribution in [0, 0.1) is 0 Å². The molecule has 0 aromatic heterocycles. The normalized spacial score (nSPS) is 11.0. The molecule has 166 valence electrons. The second-order valence-electron chi connectivity index (χ2n) is 8.25. The van der Waals surface area contributed by atoms with Crippen molar-refractivity contribution in [1.29, 1.82) is 0 Å². The SMILES string of the molecule is [B]C=Cc1ccc(N(c2ccc(-c3ccccc3)cc2)c2ccc(-c3ccc(Br)cc3)cc2)cc1. The van der Waals surface area contributed by atoms with E-state index in [1.807, 2.05) is 12.1 Å². The van der Waals surface area contributed by atoms with Gasteiger partial charge in [0.05, 0.1) is 0 Å². The van der Waals surface area contributed by atoms with Crippen LogP contribution in [0.15, 0.2) is 138 Å². The van der Waals surface area contributed by atoms with Crippen LogP contribution in [0.4, 0.5) is 17.1 Å². The van der Waals surface area contributed by atoms with E-state index in [1.165, 1.54) is 22.3 Å². The van der Waals surface area contributed by atoms with E-state index in [2.05, 4.69) is 142 Å². The number of anilines is 3. The first kappa shape index (κ1) is 23.0. The molecule has 5 aromatic carbocycles. The largest absolute Gasteiger partial charge is 0.311 e. The Morgan fingerprint density at radius 1 is 0.486 bits per heavy atom. The Kier molecular flexibility index (Phi) is 6.97. The Labute approximate surface area is 216 Å². The van der Waals surface area contributed by atoms with Crippen molar-refractivity contribution < 1.29 is 0 Å². The van der Waals surface area contributed by atoms with Gasteiger partial charge in [-0.15, -0.1) is 5.98 Å². The number of benzene rings is 5. The molecule has 0 saturated carbocycles. The molecule has 0 spiro atoms. The average Bonchev–Trinajstić information content (AvgIpc) is 2.92. The van der Waals surface area contributed by atoms with Gasteiger partial charge in [-0.25, -0.2) is 0 Å². The minimum atomic E-state index is 1.07. The maximum absolute atomic E-state index is 5.58. The number of rotatable bonds is 6. The van der Waals surface area contributed by atoms with E-state index in [1.54, 1.807) is 5.98 Å². The van der Waals surface area contributed by atoms with Crippen molar-refractivity contribution in [3.05, 3.63) is 143 Å². The van der Waals surface area contributed by atoms with Gasteiger partial charge in [0, 0.05) is 21.5 Å². The van der Waals surface area contributed by atoms with E-state index in [4.69, 9.17) is 7.85 Å². The van der Waals surface area contributed by atoms with Gasteiger partial charge in [-0.3, -0.25) is 0 Å². The summed E-state index contributed by atoms with van der Waals surface area (Å²) in [6, 6.07) is 44.7. The molecule has 0 N–H and O–H groups in total. The van der Waals surface area contributed by atoms with Gasteiger partial charge in [-0.2, -0.15) is 0 Å². The lowest BCUT2D eigenvalue weighted by atomic mass is 10.0. The first-order valence-electron chi connectivity index (χ1n) is 11.5. The van der Waals surface area contributed by atoms with E-state index in [0.717, 1.165) is 27.1 Å². The molecule has 2 radical (unpaired) electrons. The van der Waals surface area contributed by atoms with Crippen molar-refractivity contribution in [2.24, 2.45) is 0 Å². The summed E-state index contributed by atoms with van der Waals surface area (Å²) in [5, 5.41) is 0. The summed E-state index contributed by atoms with van der Waals surface area (Å²) in [5.74, 6) is 1.57. The Hall–Kier alpha value is -3.82. The molecule has 5 aromatic rings. The fraction of sp³-hybridized carbons (Fsp3) is 0. The van der Waals surface area contributed by atoms with E-state index in [9.17, 15) is 0 Å². The fourth-order valence-corrected chi connectivity index (χ4v) is 4.44. The van der Waals surface area contributed by atoms with Gasteiger partial charge < -0.3 is 4.90 Å². The number of nitrogens with zero attached hydrogens (tertiary/aromatic N) is 1. The number of hydrogen-bond acceptors (Lipinski definition) is 1. The Balaban J connectivity index is 1.53. The van der Waals surface area contributed by atoms with Crippen molar-refractivity contribution in [2.75, 3.05) is 4.90 Å². The second kappa shape index (κ2) is 10.6. The molecule has 3 heteroatoms. The lowest BCUT2D eigenvalue weighted by Gasteiger charge is -2.26. The van der Waals surface area contributed by atoms with Crippen molar-refractivity contribution in [3.8, 4) is 22.3 Å². The van der Waals surface area contributed by atoms with Gasteiger partial charge in [-0.05, 0) is 76.3 Å². The topological polar surface area (TPSA) is 3.24 Å². The van der Waals surface area contributed by atoms with Crippen LogP contribution in [0.3, 0.4) is 0 Å². The average molecular weight is 512 g/mol. The van der Waals surface area contributed by atoms with Gasteiger partial charge in [0.2, 0.25) is 0 Å². The molecular formula is C32H23BBrN. The van der Waals surface area contributed by atoms with Crippen LogP contribution in [0.2, 0.25) is 0 Å². The van der Waals surface area contributed by atoms with Crippen LogP contribution in [-0.2, 0) is 0 Å². The summed E-state index contributed by atoms with van der Waals surface area (Å²) in [7, 11) is 5.58. The van der Waals surface area contributed by atoms with Crippen LogP contribution < -0.4 is 4.90 Å². The molecule has 0 aliphatic rings. The molecule has 0 aliphatic heterocycles. The highest BCUT2D eigenvalue weighted by atomic mass is 79.9. The van der Waals surface area contributed by atoms with Crippen molar-refractivity contribution >= 4 is 46.9 Å². The van der Waals surface area contributed by atoms with E-state index >= 15 is 0 Å². The van der Waals surface area contributed by atoms with Crippen LogP contribution in [0.5, 0.6) is 0 Å². The first-order chi connectivity index (χ1) is 17.2. The van der Waals surface area contributed by atoms with Gasteiger partial charge in [0.15, 0.2) is 0 Å². The Morgan fingerprint density at radius 2 is 0.886 bits per heavy atom. The van der Waals surface area contributed by atoms with Crippen LogP contribution >= 0.6 is 15.9 Å². The standard InChI is InChI=1S/C32H23BBrN/c33-23-22-24-6-16-30(17-7-24)35(31-18-10-27(11-19-31)25-4-2-1-3-5-25)32-20-12-28(13-21-32)26-8-14-29(34)15-9-26/h1-23H. The molecule has 5 rings (SSSR count). The quantitative estimate of drug-likeness (QED) is 0.205. The molecule has 0 saturated heterocycles. The Bertz CT molecular complexity index is 1410. The predicted molar refractivity (Wildman–Crippen MR) is 154 cm³/mol. The highest BCUT2D eigenvalue weighted by molar-refractivity contribution is 9.10. The van der Waals surface area contributed by atoms with Gasteiger partial charge in [-0.1, -0.05) is 101 Å². The summed E-state index contributed by atoms with van der Waals surface area (Å²) in [4.78, 5) is 2.27. The van der Waals surface area contributed by atoms with E-state index in [0.29, 0.717) is 0 Å². The third-order valence-electron chi connectivity index (χ3n) is 5.98. The predicted octanol–water partition coefficient (Wildman–Crippen LogP) is 9.39. The molecule has 1 nitrogen and oxygen atoms in total. The van der Waals surface area contributed by atoms with Gasteiger partial charge in [0.1, 0.15) is 7.85 Å². The fourth-order valence-electron chi connectivity index (χ4n) is 4.17. The Morgan fingerprint density at radius 3 is 1.34 bits per heavy atom. The maximum atomic E-state index is 5.58. The lowest BCUT2D eigenvalue weighted by Crippen LogP contribution is -2.09. The third-order valence-corrected chi connectivity index (χ3v) is 6.50. The highest BCUT2D eigenvalue weighted by Gasteiger charge is 2.13. The van der Waals surface area contributed by atoms with Crippen LogP contribution in [0.1, 0.15) is 5.56 Å². The zero-order valence-corrected chi connectivity index (χ0v) is 20.8. The third kappa shape index (κ3) is 5.31. The van der Waals surface area contributed by atoms with Crippen LogP contribution in [0.25, 0.3) is 28.3 Å². The zero-order valence-electron chi connectivity index (χ0n) is 19.2. The molecule has 0 bridgehead atoms. The van der Waals surface area contributed by atoms with Crippen molar-refractivity contribution in [1.82, 2.24) is 0 Å². The smallest absolute Gasteiger partial charge is 0.102 e. The summed E-state index contributed by atoms with van der Waals surface area (Å²) < 4.78 is 1.08. The second-order valence-corrected chi connectivity index (χ2v) is 9.17.